The van der Waals surface area contributed by atoms with Crippen LogP contribution in [0.25, 0.3) is 11.0 Å². The molecule has 5 nitrogen and oxygen atoms in total. The quantitative estimate of drug-likeness (QED) is 0.685. The SMILES string of the molecule is CCOC(=N)Cc1noc2ccc(OC)cc12.Cl. The van der Waals surface area contributed by atoms with Gasteiger partial charge in [0.15, 0.2) is 11.5 Å². The molecule has 2 aromatic rings. The third-order valence-corrected chi connectivity index (χ3v) is 2.40. The second-order valence-corrected chi connectivity index (χ2v) is 3.52. The first-order valence-electron chi connectivity index (χ1n) is 5.37. The molecule has 98 valence electrons. The molecule has 18 heavy (non-hydrogen) atoms. The van der Waals surface area contributed by atoms with Crippen molar-refractivity contribution in [2.45, 2.75) is 13.3 Å². The summed E-state index contributed by atoms with van der Waals surface area (Å²) in [5.74, 6) is 0.926. The number of methoxy groups -OCH3 is 1. The Morgan fingerprint density at radius 3 is 2.89 bits per heavy atom. The van der Waals surface area contributed by atoms with Crippen molar-refractivity contribution >= 4 is 29.3 Å². The summed E-state index contributed by atoms with van der Waals surface area (Å²) in [4.78, 5) is 0. The summed E-state index contributed by atoms with van der Waals surface area (Å²) in [6.07, 6.45) is 0.327. The predicted octanol–water partition coefficient (Wildman–Crippen LogP) is 2.81. The molecule has 2 rings (SSSR count). The van der Waals surface area contributed by atoms with E-state index in [-0.39, 0.29) is 18.3 Å². The maximum absolute atomic E-state index is 7.60. The van der Waals surface area contributed by atoms with E-state index in [1.165, 1.54) is 0 Å². The van der Waals surface area contributed by atoms with Gasteiger partial charge in [-0.15, -0.1) is 12.4 Å². The first kappa shape index (κ1) is 14.3. The number of nitrogens with one attached hydrogen (secondary N) is 1. The van der Waals surface area contributed by atoms with Crippen LogP contribution in [0.1, 0.15) is 12.6 Å². The molecule has 0 aliphatic rings. The molecule has 0 spiro atoms. The van der Waals surface area contributed by atoms with Crippen LogP contribution in [0, 0.1) is 5.41 Å². The van der Waals surface area contributed by atoms with Gasteiger partial charge in [0.25, 0.3) is 0 Å². The fraction of sp³-hybridized carbons (Fsp3) is 0.333. The minimum Gasteiger partial charge on any atom is -0.497 e. The maximum atomic E-state index is 7.60. The zero-order chi connectivity index (χ0) is 12.3. The molecule has 6 heteroatoms. The lowest BCUT2D eigenvalue weighted by atomic mass is 10.1. The molecular weight excluding hydrogens is 256 g/mol. The molecule has 0 radical (unpaired) electrons. The van der Waals surface area contributed by atoms with Gasteiger partial charge in [0.2, 0.25) is 0 Å². The van der Waals surface area contributed by atoms with Crippen LogP contribution in [0.5, 0.6) is 5.75 Å². The van der Waals surface area contributed by atoms with Crippen molar-refractivity contribution in [2.75, 3.05) is 13.7 Å². The smallest absolute Gasteiger partial charge is 0.186 e. The van der Waals surface area contributed by atoms with E-state index in [1.54, 1.807) is 13.2 Å². The predicted molar refractivity (Wildman–Crippen MR) is 70.9 cm³/mol. The van der Waals surface area contributed by atoms with Crippen LogP contribution in [0.15, 0.2) is 22.7 Å². The summed E-state index contributed by atoms with van der Waals surface area (Å²) in [6, 6.07) is 5.46. The third-order valence-electron chi connectivity index (χ3n) is 2.40. The van der Waals surface area contributed by atoms with Crippen LogP contribution in [0.3, 0.4) is 0 Å². The molecule has 0 saturated carbocycles. The van der Waals surface area contributed by atoms with E-state index in [1.807, 2.05) is 19.1 Å². The molecule has 0 atom stereocenters. The van der Waals surface area contributed by atoms with E-state index in [2.05, 4.69) is 5.16 Å². The van der Waals surface area contributed by atoms with Crippen LogP contribution >= 0.6 is 12.4 Å². The number of hydrogen-bond donors (Lipinski definition) is 1. The summed E-state index contributed by atoms with van der Waals surface area (Å²) in [5.41, 5.74) is 1.38. The van der Waals surface area contributed by atoms with E-state index in [4.69, 9.17) is 19.4 Å². The van der Waals surface area contributed by atoms with Crippen LogP contribution in [-0.4, -0.2) is 24.8 Å². The average molecular weight is 271 g/mol. The highest BCUT2D eigenvalue weighted by atomic mass is 35.5. The number of fused-ring (bicyclic) bond motifs is 1. The number of halogens is 1. The summed E-state index contributed by atoms with van der Waals surface area (Å²) in [6.45, 7) is 2.33. The summed E-state index contributed by atoms with van der Waals surface area (Å²) in [7, 11) is 1.61. The Morgan fingerprint density at radius 2 is 2.22 bits per heavy atom. The molecule has 1 N–H and O–H groups in total. The van der Waals surface area contributed by atoms with Crippen LogP contribution in [0.2, 0.25) is 0 Å². The molecule has 0 aliphatic heterocycles. The fourth-order valence-corrected chi connectivity index (χ4v) is 1.60. The van der Waals surface area contributed by atoms with Crippen molar-refractivity contribution < 1.29 is 14.0 Å². The molecule has 0 saturated heterocycles. The first-order valence-corrected chi connectivity index (χ1v) is 5.37. The van der Waals surface area contributed by atoms with Gasteiger partial charge in [-0.1, -0.05) is 5.16 Å². The highest BCUT2D eigenvalue weighted by Gasteiger charge is 2.11. The van der Waals surface area contributed by atoms with Crippen LogP contribution in [-0.2, 0) is 11.2 Å². The molecule has 1 aromatic carbocycles. The van der Waals surface area contributed by atoms with Gasteiger partial charge < -0.3 is 14.0 Å². The van der Waals surface area contributed by atoms with Crippen molar-refractivity contribution in [3.05, 3.63) is 23.9 Å². The van der Waals surface area contributed by atoms with E-state index in [0.717, 1.165) is 11.1 Å². The van der Waals surface area contributed by atoms with Crippen molar-refractivity contribution in [3.63, 3.8) is 0 Å². The van der Waals surface area contributed by atoms with Gasteiger partial charge in [0, 0.05) is 5.39 Å². The van der Waals surface area contributed by atoms with E-state index < -0.39 is 0 Å². The monoisotopic (exact) mass is 270 g/mol. The highest BCUT2D eigenvalue weighted by molar-refractivity contribution is 5.86. The Kier molecular flexibility index (Phi) is 4.97. The van der Waals surface area contributed by atoms with E-state index in [0.29, 0.717) is 24.3 Å². The molecule has 1 heterocycles. The maximum Gasteiger partial charge on any atom is 0.186 e. The summed E-state index contributed by atoms with van der Waals surface area (Å²) >= 11 is 0. The zero-order valence-corrected chi connectivity index (χ0v) is 11.0. The summed E-state index contributed by atoms with van der Waals surface area (Å²) < 4.78 is 15.4. The normalized spacial score (nSPS) is 9.89. The number of benzene rings is 1. The number of hydrogen-bond acceptors (Lipinski definition) is 5. The van der Waals surface area contributed by atoms with Crippen LogP contribution in [0.4, 0.5) is 0 Å². The van der Waals surface area contributed by atoms with Crippen molar-refractivity contribution in [2.24, 2.45) is 0 Å². The average Bonchev–Trinajstić information content (AvgIpc) is 2.72. The Balaban J connectivity index is 0.00000162. The van der Waals surface area contributed by atoms with E-state index in [9.17, 15) is 0 Å². The molecule has 1 aromatic heterocycles. The second-order valence-electron chi connectivity index (χ2n) is 3.52. The molecule has 0 aliphatic carbocycles. The number of ether oxygens (including phenoxy) is 2. The first-order chi connectivity index (χ1) is 8.24. The van der Waals surface area contributed by atoms with Gasteiger partial charge in [-0.25, -0.2) is 0 Å². The molecular formula is C12H15ClN2O3. The number of nitrogens with zero attached hydrogens (tertiary/aromatic N) is 1. The van der Waals surface area contributed by atoms with Crippen molar-refractivity contribution in [1.82, 2.24) is 5.16 Å². The summed E-state index contributed by atoms with van der Waals surface area (Å²) in [5, 5.41) is 12.4. The lowest BCUT2D eigenvalue weighted by Crippen LogP contribution is -2.06. The molecule has 0 fully saturated rings. The zero-order valence-electron chi connectivity index (χ0n) is 10.2. The highest BCUT2D eigenvalue weighted by Crippen LogP contribution is 2.24. The van der Waals surface area contributed by atoms with Crippen LogP contribution < -0.4 is 4.74 Å². The van der Waals surface area contributed by atoms with Crippen molar-refractivity contribution in [1.29, 1.82) is 5.41 Å². The lowest BCUT2D eigenvalue weighted by Gasteiger charge is -2.02. The van der Waals surface area contributed by atoms with Gasteiger partial charge in [-0.2, -0.15) is 0 Å². The number of rotatable bonds is 4. The molecule has 0 amide bonds. The van der Waals surface area contributed by atoms with E-state index >= 15 is 0 Å². The largest absolute Gasteiger partial charge is 0.497 e. The topological polar surface area (TPSA) is 68.3 Å². The fourth-order valence-electron chi connectivity index (χ4n) is 1.60. The Morgan fingerprint density at radius 1 is 1.44 bits per heavy atom. The van der Waals surface area contributed by atoms with Gasteiger partial charge in [-0.3, -0.25) is 5.41 Å². The second kappa shape index (κ2) is 6.26. The molecule has 0 unspecified atom stereocenters. The Hall–Kier alpha value is -1.75. The Bertz CT molecular complexity index is 539. The van der Waals surface area contributed by atoms with Crippen molar-refractivity contribution in [3.8, 4) is 5.75 Å². The van der Waals surface area contributed by atoms with Gasteiger partial charge >= 0.3 is 0 Å². The third kappa shape index (κ3) is 2.92. The lowest BCUT2D eigenvalue weighted by molar-refractivity contribution is 0.315. The molecule has 0 bridgehead atoms. The van der Waals surface area contributed by atoms with Gasteiger partial charge in [0.05, 0.1) is 20.1 Å². The van der Waals surface area contributed by atoms with Gasteiger partial charge in [0.1, 0.15) is 11.4 Å². The number of aromatic nitrogens is 1. The Labute approximate surface area is 111 Å². The minimum absolute atomic E-state index is 0. The minimum atomic E-state index is 0. The standard InChI is InChI=1S/C12H14N2O3.ClH/c1-3-16-12(13)7-10-9-6-8(15-2)4-5-11(9)17-14-10;/h4-6,13H,3,7H2,1-2H3;1H. The van der Waals surface area contributed by atoms with Gasteiger partial charge in [-0.05, 0) is 25.1 Å².